The molecule has 0 aliphatic heterocycles. The van der Waals surface area contributed by atoms with Gasteiger partial charge in [0.2, 0.25) is 0 Å². The van der Waals surface area contributed by atoms with E-state index in [1.165, 1.54) is 18.4 Å². The second-order valence-corrected chi connectivity index (χ2v) is 4.61. The van der Waals surface area contributed by atoms with Crippen LogP contribution in [0.3, 0.4) is 0 Å². The number of ether oxygens (including phenoxy) is 2. The molecule has 0 bridgehead atoms. The van der Waals surface area contributed by atoms with E-state index in [1.54, 1.807) is 7.11 Å². The lowest BCUT2D eigenvalue weighted by Crippen LogP contribution is -2.04. The van der Waals surface area contributed by atoms with Crippen molar-refractivity contribution in [2.45, 2.75) is 6.42 Å². The summed E-state index contributed by atoms with van der Waals surface area (Å²) < 4.78 is 9.69. The van der Waals surface area contributed by atoms with Gasteiger partial charge in [-0.15, -0.1) is 11.3 Å². The van der Waals surface area contributed by atoms with Gasteiger partial charge in [0.1, 0.15) is 5.75 Å². The van der Waals surface area contributed by atoms with E-state index in [0.29, 0.717) is 5.69 Å². The number of hydrogen-bond donors (Lipinski definition) is 1. The van der Waals surface area contributed by atoms with Crippen molar-refractivity contribution in [3.8, 4) is 5.75 Å². The van der Waals surface area contributed by atoms with Crippen molar-refractivity contribution in [3.63, 3.8) is 0 Å². The number of carbonyl (C=O) groups excluding carboxylic acids is 1. The maximum absolute atomic E-state index is 11.1. The molecule has 1 aromatic heterocycles. The topological polar surface area (TPSA) is 60.5 Å². The van der Waals surface area contributed by atoms with Crippen molar-refractivity contribution in [2.24, 2.45) is 0 Å². The number of benzene rings is 1. The van der Waals surface area contributed by atoms with Crippen LogP contribution in [0.1, 0.15) is 5.69 Å². The molecule has 1 aromatic carbocycles. The Balaban J connectivity index is 2.00. The highest BCUT2D eigenvalue weighted by Gasteiger charge is 2.07. The fraction of sp³-hybridized carbons (Fsp3) is 0.231. The maximum atomic E-state index is 11.1. The third-order valence-electron chi connectivity index (χ3n) is 2.45. The van der Waals surface area contributed by atoms with Gasteiger partial charge in [0.15, 0.2) is 5.13 Å². The van der Waals surface area contributed by atoms with Crippen molar-refractivity contribution in [1.29, 1.82) is 0 Å². The van der Waals surface area contributed by atoms with Crippen molar-refractivity contribution in [3.05, 3.63) is 35.3 Å². The van der Waals surface area contributed by atoms with E-state index in [-0.39, 0.29) is 12.4 Å². The normalized spacial score (nSPS) is 10.0. The summed E-state index contributed by atoms with van der Waals surface area (Å²) in [7, 11) is 2.99. The van der Waals surface area contributed by atoms with Gasteiger partial charge >= 0.3 is 5.97 Å². The first-order valence-corrected chi connectivity index (χ1v) is 6.51. The summed E-state index contributed by atoms with van der Waals surface area (Å²) in [6, 6.07) is 7.54. The van der Waals surface area contributed by atoms with Gasteiger partial charge in [-0.05, 0) is 24.3 Å². The number of rotatable bonds is 5. The van der Waals surface area contributed by atoms with Gasteiger partial charge < -0.3 is 14.8 Å². The minimum Gasteiger partial charge on any atom is -0.497 e. The Labute approximate surface area is 115 Å². The lowest BCUT2D eigenvalue weighted by molar-refractivity contribution is -0.139. The standard InChI is InChI=1S/C13H14N2O3S/c1-17-11-5-3-9(4-6-11)14-13-15-10(8-19-13)7-12(16)18-2/h3-6,8H,7H2,1-2H3,(H,14,15). The lowest BCUT2D eigenvalue weighted by atomic mass is 10.3. The average Bonchev–Trinajstić information content (AvgIpc) is 2.86. The molecule has 2 rings (SSSR count). The fourth-order valence-corrected chi connectivity index (χ4v) is 2.19. The SMILES string of the molecule is COC(=O)Cc1csc(Nc2ccc(OC)cc2)n1. The van der Waals surface area contributed by atoms with Crippen LogP contribution < -0.4 is 10.1 Å². The summed E-state index contributed by atoms with van der Waals surface area (Å²) in [5, 5.41) is 5.74. The van der Waals surface area contributed by atoms with E-state index in [2.05, 4.69) is 15.0 Å². The molecule has 0 saturated carbocycles. The molecule has 1 heterocycles. The molecule has 1 N–H and O–H groups in total. The number of aromatic nitrogens is 1. The lowest BCUT2D eigenvalue weighted by Gasteiger charge is -2.03. The zero-order valence-electron chi connectivity index (χ0n) is 10.7. The third-order valence-corrected chi connectivity index (χ3v) is 3.25. The first-order chi connectivity index (χ1) is 9.21. The summed E-state index contributed by atoms with van der Waals surface area (Å²) in [4.78, 5) is 15.4. The van der Waals surface area contributed by atoms with Gasteiger partial charge in [0, 0.05) is 11.1 Å². The largest absolute Gasteiger partial charge is 0.497 e. The first kappa shape index (κ1) is 13.4. The fourth-order valence-electron chi connectivity index (χ4n) is 1.46. The Hall–Kier alpha value is -2.08. The molecule has 0 aliphatic rings. The molecule has 0 spiro atoms. The van der Waals surface area contributed by atoms with E-state index in [4.69, 9.17) is 4.74 Å². The Morgan fingerprint density at radius 2 is 2.05 bits per heavy atom. The number of carbonyl (C=O) groups is 1. The van der Waals surface area contributed by atoms with Crippen LogP contribution in [0, 0.1) is 0 Å². The number of nitrogens with zero attached hydrogens (tertiary/aromatic N) is 1. The predicted molar refractivity (Wildman–Crippen MR) is 74.1 cm³/mol. The monoisotopic (exact) mass is 278 g/mol. The molecule has 19 heavy (non-hydrogen) atoms. The highest BCUT2D eigenvalue weighted by molar-refractivity contribution is 7.13. The van der Waals surface area contributed by atoms with E-state index >= 15 is 0 Å². The molecule has 0 radical (unpaired) electrons. The van der Waals surface area contributed by atoms with Crippen molar-refractivity contribution in [2.75, 3.05) is 19.5 Å². The van der Waals surface area contributed by atoms with Crippen LogP contribution in [0.4, 0.5) is 10.8 Å². The van der Waals surface area contributed by atoms with E-state index in [0.717, 1.165) is 16.6 Å². The zero-order valence-corrected chi connectivity index (χ0v) is 11.5. The van der Waals surface area contributed by atoms with Crippen molar-refractivity contribution >= 4 is 28.1 Å². The van der Waals surface area contributed by atoms with Gasteiger partial charge in [-0.25, -0.2) is 4.98 Å². The summed E-state index contributed by atoms with van der Waals surface area (Å²) in [6.45, 7) is 0. The number of anilines is 2. The van der Waals surface area contributed by atoms with Crippen LogP contribution >= 0.6 is 11.3 Å². The molecule has 100 valence electrons. The molecule has 0 atom stereocenters. The number of methoxy groups -OCH3 is 2. The third kappa shape index (κ3) is 3.69. The smallest absolute Gasteiger partial charge is 0.311 e. The molecule has 5 nitrogen and oxygen atoms in total. The Kier molecular flexibility index (Phi) is 4.35. The van der Waals surface area contributed by atoms with Gasteiger partial charge in [-0.3, -0.25) is 4.79 Å². The van der Waals surface area contributed by atoms with Crippen LogP contribution in [0.5, 0.6) is 5.75 Å². The minimum absolute atomic E-state index is 0.192. The van der Waals surface area contributed by atoms with Gasteiger partial charge in [0.25, 0.3) is 0 Å². The quantitative estimate of drug-likeness (QED) is 0.852. The number of nitrogens with one attached hydrogen (secondary N) is 1. The second-order valence-electron chi connectivity index (χ2n) is 3.75. The summed E-state index contributed by atoms with van der Waals surface area (Å²) >= 11 is 1.45. The second kappa shape index (κ2) is 6.19. The molecule has 0 aliphatic carbocycles. The molecular formula is C13H14N2O3S. The van der Waals surface area contributed by atoms with Crippen LogP contribution in [-0.2, 0) is 16.0 Å². The van der Waals surface area contributed by atoms with E-state index < -0.39 is 0 Å². The number of hydrogen-bond acceptors (Lipinski definition) is 6. The molecular weight excluding hydrogens is 264 g/mol. The zero-order chi connectivity index (χ0) is 13.7. The summed E-state index contributed by atoms with van der Waals surface area (Å²) in [5.41, 5.74) is 1.62. The summed E-state index contributed by atoms with van der Waals surface area (Å²) in [6.07, 6.45) is 0.192. The molecule has 2 aromatic rings. The predicted octanol–water partition coefficient (Wildman–Crippen LogP) is 2.61. The maximum Gasteiger partial charge on any atom is 0.311 e. The highest BCUT2D eigenvalue weighted by Crippen LogP contribution is 2.23. The van der Waals surface area contributed by atoms with Gasteiger partial charge in [-0.2, -0.15) is 0 Å². The van der Waals surface area contributed by atoms with Crippen LogP contribution in [0.2, 0.25) is 0 Å². The summed E-state index contributed by atoms with van der Waals surface area (Å²) in [5.74, 6) is 0.511. The molecule has 0 unspecified atom stereocenters. The Morgan fingerprint density at radius 1 is 1.32 bits per heavy atom. The van der Waals surface area contributed by atoms with E-state index in [1.807, 2.05) is 29.6 Å². The van der Waals surface area contributed by atoms with E-state index in [9.17, 15) is 4.79 Å². The van der Waals surface area contributed by atoms with Crippen molar-refractivity contribution in [1.82, 2.24) is 4.98 Å². The number of thiazole rings is 1. The number of esters is 1. The van der Waals surface area contributed by atoms with Gasteiger partial charge in [0.05, 0.1) is 26.3 Å². The van der Waals surface area contributed by atoms with Crippen LogP contribution in [0.25, 0.3) is 0 Å². The highest BCUT2D eigenvalue weighted by atomic mass is 32.1. The van der Waals surface area contributed by atoms with Crippen LogP contribution in [0.15, 0.2) is 29.6 Å². The van der Waals surface area contributed by atoms with Crippen LogP contribution in [-0.4, -0.2) is 25.2 Å². The Morgan fingerprint density at radius 3 is 2.68 bits per heavy atom. The first-order valence-electron chi connectivity index (χ1n) is 5.63. The van der Waals surface area contributed by atoms with Gasteiger partial charge in [-0.1, -0.05) is 0 Å². The minimum atomic E-state index is -0.290. The molecule has 0 fully saturated rings. The molecule has 0 saturated heterocycles. The van der Waals surface area contributed by atoms with Crippen molar-refractivity contribution < 1.29 is 14.3 Å². The molecule has 0 amide bonds. The molecule has 6 heteroatoms. The average molecular weight is 278 g/mol. The Bertz CT molecular complexity index is 551.